The van der Waals surface area contributed by atoms with Crippen LogP contribution < -0.4 is 29.7 Å². The van der Waals surface area contributed by atoms with Crippen LogP contribution in [0.5, 0.6) is 17.2 Å². The smallest absolute Gasteiger partial charge is 0.323 e. The summed E-state index contributed by atoms with van der Waals surface area (Å²) < 4.78 is 16.4. The van der Waals surface area contributed by atoms with E-state index in [4.69, 9.17) is 14.2 Å². The average Bonchev–Trinajstić information content (AvgIpc) is 3.27. The lowest BCUT2D eigenvalue weighted by Gasteiger charge is -2.30. The number of carboxylic acids is 1. The number of hydrogen-bond donors (Lipinski definition) is 3. The molecule has 1 heterocycles. The Hall–Kier alpha value is -5.71. The third kappa shape index (κ3) is 7.82. The van der Waals surface area contributed by atoms with Gasteiger partial charge in [0.2, 0.25) is 5.91 Å². The van der Waals surface area contributed by atoms with E-state index in [1.54, 1.807) is 78.0 Å². The average molecular weight is 613 g/mol. The summed E-state index contributed by atoms with van der Waals surface area (Å²) in [5.41, 5.74) is 3.61. The number of benzene rings is 3. The molecular weight excluding hydrogens is 576 g/mol. The van der Waals surface area contributed by atoms with Crippen LogP contribution in [-0.2, 0) is 9.59 Å². The minimum atomic E-state index is -1.00. The lowest BCUT2D eigenvalue weighted by Crippen LogP contribution is -2.29. The van der Waals surface area contributed by atoms with Crippen molar-refractivity contribution in [3.63, 3.8) is 0 Å². The highest BCUT2D eigenvalue weighted by atomic mass is 16.5. The van der Waals surface area contributed by atoms with Gasteiger partial charge < -0.3 is 34.9 Å². The number of rotatable bonds is 11. The lowest BCUT2D eigenvalue weighted by molar-refractivity contribution is -0.138. The monoisotopic (exact) mass is 612 g/mol. The van der Waals surface area contributed by atoms with Crippen LogP contribution in [-0.4, -0.2) is 49.2 Å². The molecule has 0 bridgehead atoms. The molecule has 1 atom stereocenters. The van der Waals surface area contributed by atoms with Crippen LogP contribution in [0.25, 0.3) is 0 Å². The molecule has 0 aliphatic carbocycles. The van der Waals surface area contributed by atoms with Crippen LogP contribution in [0.2, 0.25) is 0 Å². The highest BCUT2D eigenvalue weighted by Gasteiger charge is 2.25. The van der Waals surface area contributed by atoms with Crippen LogP contribution in [0.3, 0.4) is 0 Å². The molecule has 3 aromatic rings. The zero-order chi connectivity index (χ0) is 32.5. The Kier molecular flexibility index (Phi) is 10.5. The fourth-order valence-corrected chi connectivity index (χ4v) is 4.91. The van der Waals surface area contributed by atoms with Crippen molar-refractivity contribution in [2.45, 2.75) is 26.3 Å². The van der Waals surface area contributed by atoms with Gasteiger partial charge in [0, 0.05) is 31.1 Å². The van der Waals surface area contributed by atoms with Crippen LogP contribution in [0, 0.1) is 6.92 Å². The van der Waals surface area contributed by atoms with Crippen molar-refractivity contribution < 1.29 is 33.7 Å². The molecule has 3 aromatic carbocycles. The van der Waals surface area contributed by atoms with Crippen molar-refractivity contribution in [3.8, 4) is 17.2 Å². The minimum Gasteiger partial charge on any atom is -0.494 e. The van der Waals surface area contributed by atoms with E-state index >= 15 is 0 Å². The van der Waals surface area contributed by atoms with E-state index in [1.807, 2.05) is 25.1 Å². The van der Waals surface area contributed by atoms with Gasteiger partial charge in [-0.3, -0.25) is 14.5 Å². The number of ether oxygens (including phenoxy) is 3. The highest BCUT2D eigenvalue weighted by molar-refractivity contribution is 6.02. The van der Waals surface area contributed by atoms with Gasteiger partial charge in [0.1, 0.15) is 5.75 Å². The summed E-state index contributed by atoms with van der Waals surface area (Å²) in [6.45, 7) is 3.32. The summed E-state index contributed by atoms with van der Waals surface area (Å²) in [5.74, 6) is 0.0138. The standard InChI is InChI=1S/C34H36N4O7/c1-22-10-6-7-12-27(22)35-34(42)36-28-15-14-25(19-31(28)44-4)38(23(2)39)26-11-8-9-17-37(21-26)29(20-33(40)41)24-13-16-30(43-3)32(18-24)45-5/h6-19,21,29H,20H2,1-5H3,(H,40,41)(H2,35,36,42). The molecule has 3 N–H and O–H groups in total. The molecule has 0 aromatic heterocycles. The molecule has 0 radical (unpaired) electrons. The molecule has 4 rings (SSSR count). The fraction of sp³-hybridized carbons (Fsp3) is 0.206. The SMILES string of the molecule is COc1cc(N(C(C)=O)C2=CN(C(CC(=O)O)c3ccc(OC)c(OC)c3)C=CC=C2)ccc1NC(=O)Nc1ccccc1C. The fourth-order valence-electron chi connectivity index (χ4n) is 4.91. The molecule has 45 heavy (non-hydrogen) atoms. The van der Waals surface area contributed by atoms with E-state index in [-0.39, 0.29) is 12.3 Å². The second-order valence-electron chi connectivity index (χ2n) is 10.1. The first-order chi connectivity index (χ1) is 21.6. The number of amides is 3. The number of carbonyl (C=O) groups is 3. The number of para-hydroxylation sites is 1. The Labute approximate surface area is 262 Å². The van der Waals surface area contributed by atoms with Crippen molar-refractivity contribution >= 4 is 35.0 Å². The Morgan fingerprint density at radius 3 is 2.24 bits per heavy atom. The largest absolute Gasteiger partial charge is 0.494 e. The molecule has 11 nitrogen and oxygen atoms in total. The van der Waals surface area contributed by atoms with Crippen molar-refractivity contribution in [2.75, 3.05) is 36.9 Å². The van der Waals surface area contributed by atoms with Gasteiger partial charge in [-0.25, -0.2) is 4.79 Å². The molecule has 11 heteroatoms. The number of allylic oxidation sites excluding steroid dienone is 3. The summed E-state index contributed by atoms with van der Waals surface area (Å²) in [7, 11) is 4.51. The number of nitrogens with one attached hydrogen (secondary N) is 2. The number of carbonyl (C=O) groups excluding carboxylic acids is 2. The Morgan fingerprint density at radius 1 is 0.867 bits per heavy atom. The molecule has 0 spiro atoms. The summed E-state index contributed by atoms with van der Waals surface area (Å²) >= 11 is 0. The van der Waals surface area contributed by atoms with Gasteiger partial charge in [0.05, 0.1) is 50.9 Å². The third-order valence-corrected chi connectivity index (χ3v) is 7.10. The quantitative estimate of drug-likeness (QED) is 0.225. The van der Waals surface area contributed by atoms with Gasteiger partial charge in [-0.2, -0.15) is 0 Å². The third-order valence-electron chi connectivity index (χ3n) is 7.10. The van der Waals surface area contributed by atoms with Crippen LogP contribution in [0.4, 0.5) is 21.9 Å². The van der Waals surface area contributed by atoms with E-state index in [9.17, 15) is 19.5 Å². The summed E-state index contributed by atoms with van der Waals surface area (Å²) in [6.07, 6.45) is 8.49. The second-order valence-corrected chi connectivity index (χ2v) is 10.1. The molecule has 0 saturated carbocycles. The maximum absolute atomic E-state index is 13.1. The van der Waals surface area contributed by atoms with Crippen molar-refractivity contribution in [1.82, 2.24) is 4.90 Å². The van der Waals surface area contributed by atoms with E-state index in [2.05, 4.69) is 10.6 Å². The first-order valence-electron chi connectivity index (χ1n) is 14.0. The molecular formula is C34H36N4O7. The first kappa shape index (κ1) is 32.2. The molecule has 0 saturated heterocycles. The number of nitrogens with zero attached hydrogens (tertiary/aromatic N) is 2. The van der Waals surface area contributed by atoms with Crippen LogP contribution in [0.1, 0.15) is 30.5 Å². The summed E-state index contributed by atoms with van der Waals surface area (Å²) in [6, 6.07) is 16.5. The minimum absolute atomic E-state index is 0.234. The van der Waals surface area contributed by atoms with E-state index in [0.717, 1.165) is 5.56 Å². The zero-order valence-electron chi connectivity index (χ0n) is 25.7. The van der Waals surface area contributed by atoms with E-state index in [1.165, 1.54) is 33.2 Å². The molecule has 3 amide bonds. The predicted octanol–water partition coefficient (Wildman–Crippen LogP) is 6.46. The molecule has 1 unspecified atom stereocenters. The highest BCUT2D eigenvalue weighted by Crippen LogP contribution is 2.36. The normalized spacial score (nSPS) is 12.8. The van der Waals surface area contributed by atoms with Crippen molar-refractivity contribution in [1.29, 1.82) is 0 Å². The van der Waals surface area contributed by atoms with Crippen LogP contribution in [0.15, 0.2) is 97.0 Å². The number of methoxy groups -OCH3 is 3. The maximum Gasteiger partial charge on any atom is 0.323 e. The number of anilines is 3. The molecule has 0 fully saturated rings. The Bertz CT molecular complexity index is 1660. The van der Waals surface area contributed by atoms with Crippen molar-refractivity contribution in [2.24, 2.45) is 0 Å². The van der Waals surface area contributed by atoms with Gasteiger partial charge in [0.25, 0.3) is 0 Å². The Morgan fingerprint density at radius 2 is 1.58 bits per heavy atom. The van der Waals surface area contributed by atoms with Crippen molar-refractivity contribution in [3.05, 3.63) is 108 Å². The van der Waals surface area contributed by atoms with Gasteiger partial charge in [-0.05, 0) is 60.5 Å². The van der Waals surface area contributed by atoms with Gasteiger partial charge in [-0.1, -0.05) is 30.3 Å². The number of hydrogen-bond acceptors (Lipinski definition) is 7. The van der Waals surface area contributed by atoms with Gasteiger partial charge in [0.15, 0.2) is 11.5 Å². The van der Waals surface area contributed by atoms with E-state index < -0.39 is 18.0 Å². The molecule has 234 valence electrons. The van der Waals surface area contributed by atoms with Gasteiger partial charge in [-0.15, -0.1) is 0 Å². The second kappa shape index (κ2) is 14.6. The molecule has 1 aliphatic heterocycles. The van der Waals surface area contributed by atoms with Crippen LogP contribution >= 0.6 is 0 Å². The van der Waals surface area contributed by atoms with E-state index in [0.29, 0.717) is 45.6 Å². The zero-order valence-corrected chi connectivity index (χ0v) is 25.7. The summed E-state index contributed by atoms with van der Waals surface area (Å²) in [5, 5.41) is 15.4. The number of aryl methyl sites for hydroxylation is 1. The number of urea groups is 1. The maximum atomic E-state index is 13.1. The Balaban J connectivity index is 1.67. The predicted molar refractivity (Wildman–Crippen MR) is 173 cm³/mol. The summed E-state index contributed by atoms with van der Waals surface area (Å²) in [4.78, 5) is 41.0. The lowest BCUT2D eigenvalue weighted by atomic mass is 10.0. The molecule has 1 aliphatic rings. The van der Waals surface area contributed by atoms with Gasteiger partial charge >= 0.3 is 12.0 Å². The number of aliphatic carboxylic acids is 1. The topological polar surface area (TPSA) is 130 Å². The first-order valence-corrected chi connectivity index (χ1v) is 14.0. The number of carboxylic acid groups (broad SMARTS) is 1.